The molecule has 9 aromatic carbocycles. The van der Waals surface area contributed by atoms with Gasteiger partial charge in [0.1, 0.15) is 0 Å². The molecule has 0 radical (unpaired) electrons. The Morgan fingerprint density at radius 2 is 0.718 bits per heavy atom. The van der Waals surface area contributed by atoms with E-state index in [0.29, 0.717) is 0 Å². The van der Waals surface area contributed by atoms with Crippen molar-refractivity contribution in [3.63, 3.8) is 0 Å². The van der Waals surface area contributed by atoms with Gasteiger partial charge < -0.3 is 9.80 Å². The third-order valence-electron chi connectivity index (χ3n) is 14.6. The molecule has 4 heteroatoms. The van der Waals surface area contributed by atoms with Crippen LogP contribution in [0.25, 0.3) is 55.9 Å². The second kappa shape index (κ2) is 19.3. The SMILES string of the molecule is CCCCc1ccc2c(c1)B1c3cc(CCCC)ccc3N(c3ccc(-c4ccccc4)cc3)c3cc(-c4cc(-c5ccccc5)cc(-c5ccccc5)n4)cc(c31)N2c1ccc(-c2ccccc2)cc1. The number of hydrogen-bond acceptors (Lipinski definition) is 3. The molecule has 3 heterocycles. The van der Waals surface area contributed by atoms with Crippen LogP contribution in [0.2, 0.25) is 0 Å². The summed E-state index contributed by atoms with van der Waals surface area (Å²) in [5, 5.41) is 0. The number of hydrogen-bond donors (Lipinski definition) is 0. The monoisotopic (exact) mass is 913 g/mol. The van der Waals surface area contributed by atoms with E-state index in [4.69, 9.17) is 4.98 Å². The van der Waals surface area contributed by atoms with E-state index in [0.717, 1.165) is 83.5 Å². The molecule has 0 fully saturated rings. The lowest BCUT2D eigenvalue weighted by molar-refractivity contribution is 0.795. The molecular formula is C67H56BN3. The van der Waals surface area contributed by atoms with E-state index in [1.165, 1.54) is 72.5 Å². The van der Waals surface area contributed by atoms with Crippen molar-refractivity contribution in [1.29, 1.82) is 0 Å². The van der Waals surface area contributed by atoms with Gasteiger partial charge in [-0.1, -0.05) is 197 Å². The van der Waals surface area contributed by atoms with Crippen LogP contribution in [0.3, 0.4) is 0 Å². The lowest BCUT2D eigenvalue weighted by atomic mass is 9.33. The molecule has 0 amide bonds. The first-order valence-corrected chi connectivity index (χ1v) is 25.6. The van der Waals surface area contributed by atoms with Crippen molar-refractivity contribution in [2.24, 2.45) is 0 Å². The Hall–Kier alpha value is -8.21. The van der Waals surface area contributed by atoms with Crippen LogP contribution in [-0.4, -0.2) is 11.7 Å². The average molecular weight is 914 g/mol. The summed E-state index contributed by atoms with van der Waals surface area (Å²) in [5.41, 5.74) is 25.0. The number of fused-ring (bicyclic) bond motifs is 4. The van der Waals surface area contributed by atoms with Crippen LogP contribution in [0.15, 0.2) is 231 Å². The van der Waals surface area contributed by atoms with Gasteiger partial charge >= 0.3 is 0 Å². The van der Waals surface area contributed by atoms with Crippen LogP contribution in [0.1, 0.15) is 50.7 Å². The van der Waals surface area contributed by atoms with Crippen molar-refractivity contribution in [2.75, 3.05) is 9.80 Å². The summed E-state index contributed by atoms with van der Waals surface area (Å²) in [6.07, 6.45) is 6.73. The first-order chi connectivity index (χ1) is 35.1. The quantitative estimate of drug-likeness (QED) is 0.107. The van der Waals surface area contributed by atoms with Crippen LogP contribution in [0.4, 0.5) is 34.1 Å². The number of aromatic nitrogens is 1. The fourth-order valence-corrected chi connectivity index (χ4v) is 11.0. The van der Waals surface area contributed by atoms with Gasteiger partial charge in [0.05, 0.1) is 11.4 Å². The summed E-state index contributed by atoms with van der Waals surface area (Å²) in [4.78, 5) is 10.7. The van der Waals surface area contributed by atoms with Gasteiger partial charge in [0, 0.05) is 45.3 Å². The Labute approximate surface area is 419 Å². The first-order valence-electron chi connectivity index (χ1n) is 25.6. The Morgan fingerprint density at radius 3 is 1.14 bits per heavy atom. The first kappa shape index (κ1) is 44.0. The zero-order valence-electron chi connectivity index (χ0n) is 40.6. The standard InChI is InChI=1S/C67H56BN3/c1-3-5-19-47-29-39-63-59(41-47)68-60-42-48(20-6-4-2)30-40-64(60)71(58-37-33-53(34-38-58)50-23-13-8-14-24-50)66-46-56(45-65(67(66)68)70(63)57-35-31-52(32-36-57)49-21-11-7-12-22-49)62-44-55(51-25-15-9-16-26-51)43-61(69-62)54-27-17-10-18-28-54/h7-18,21-46H,3-6,19-20H2,1-2H3. The van der Waals surface area contributed by atoms with Gasteiger partial charge in [-0.3, -0.25) is 0 Å². The molecule has 0 unspecified atom stereocenters. The number of rotatable bonds is 13. The largest absolute Gasteiger partial charge is 0.311 e. The lowest BCUT2D eigenvalue weighted by Crippen LogP contribution is -2.61. The van der Waals surface area contributed by atoms with Crippen molar-refractivity contribution < 1.29 is 0 Å². The summed E-state index contributed by atoms with van der Waals surface area (Å²) in [5.74, 6) is 0. The Bertz CT molecular complexity index is 3260. The fraction of sp³-hybridized carbons (Fsp3) is 0.119. The molecule has 0 bridgehead atoms. The van der Waals surface area contributed by atoms with Crippen molar-refractivity contribution in [2.45, 2.75) is 52.4 Å². The summed E-state index contributed by atoms with van der Waals surface area (Å²) in [7, 11) is 0. The molecule has 12 rings (SSSR count). The molecule has 0 N–H and O–H groups in total. The molecule has 0 saturated carbocycles. The lowest BCUT2D eigenvalue weighted by Gasteiger charge is -2.44. The maximum absolute atomic E-state index is 5.58. The van der Waals surface area contributed by atoms with Gasteiger partial charge in [-0.25, -0.2) is 4.98 Å². The highest BCUT2D eigenvalue weighted by molar-refractivity contribution is 7.00. The number of pyridine rings is 1. The molecule has 342 valence electrons. The highest BCUT2D eigenvalue weighted by Gasteiger charge is 2.44. The highest BCUT2D eigenvalue weighted by atomic mass is 15.2. The van der Waals surface area contributed by atoms with Crippen LogP contribution in [0.5, 0.6) is 0 Å². The number of unbranched alkanes of at least 4 members (excludes halogenated alkanes) is 2. The van der Waals surface area contributed by atoms with Crippen molar-refractivity contribution in [3.8, 4) is 55.9 Å². The molecule has 0 saturated heterocycles. The highest BCUT2D eigenvalue weighted by Crippen LogP contribution is 2.47. The number of benzene rings is 9. The predicted molar refractivity (Wildman–Crippen MR) is 303 cm³/mol. The van der Waals surface area contributed by atoms with Gasteiger partial charge in [0.15, 0.2) is 0 Å². The van der Waals surface area contributed by atoms with Crippen LogP contribution < -0.4 is 26.2 Å². The fourth-order valence-electron chi connectivity index (χ4n) is 11.0. The van der Waals surface area contributed by atoms with Gasteiger partial charge in [-0.15, -0.1) is 0 Å². The van der Waals surface area contributed by atoms with Gasteiger partial charge in [0.2, 0.25) is 0 Å². The molecule has 1 aromatic heterocycles. The van der Waals surface area contributed by atoms with Gasteiger partial charge in [-0.2, -0.15) is 0 Å². The van der Waals surface area contributed by atoms with Crippen molar-refractivity contribution in [3.05, 3.63) is 242 Å². The maximum Gasteiger partial charge on any atom is 0.252 e. The minimum atomic E-state index is 0.00498. The van der Waals surface area contributed by atoms with Gasteiger partial charge in [0.25, 0.3) is 6.71 Å². The van der Waals surface area contributed by atoms with E-state index in [1.807, 2.05) is 0 Å². The Morgan fingerprint density at radius 1 is 0.338 bits per heavy atom. The second-order valence-electron chi connectivity index (χ2n) is 19.2. The number of nitrogens with zero attached hydrogens (tertiary/aromatic N) is 3. The molecule has 0 spiro atoms. The Kier molecular flexibility index (Phi) is 12.0. The third-order valence-corrected chi connectivity index (χ3v) is 14.6. The molecule has 3 nitrogen and oxygen atoms in total. The summed E-state index contributed by atoms with van der Waals surface area (Å²) >= 11 is 0. The molecule has 2 aliphatic rings. The topological polar surface area (TPSA) is 19.4 Å². The average Bonchev–Trinajstić information content (AvgIpc) is 3.44. The smallest absolute Gasteiger partial charge is 0.252 e. The number of aryl methyl sites for hydroxylation is 2. The molecule has 0 atom stereocenters. The van der Waals surface area contributed by atoms with Crippen LogP contribution >= 0.6 is 0 Å². The molecule has 10 aromatic rings. The minimum Gasteiger partial charge on any atom is -0.311 e. The molecular weight excluding hydrogens is 858 g/mol. The molecule has 2 aliphatic heterocycles. The summed E-state index contributed by atoms with van der Waals surface area (Å²) in [6.45, 7) is 4.59. The normalized spacial score (nSPS) is 12.3. The summed E-state index contributed by atoms with van der Waals surface area (Å²) < 4.78 is 0. The molecule has 71 heavy (non-hydrogen) atoms. The van der Waals surface area contributed by atoms with Crippen LogP contribution in [-0.2, 0) is 12.8 Å². The minimum absolute atomic E-state index is 0.00498. The van der Waals surface area contributed by atoms with Crippen molar-refractivity contribution in [1.82, 2.24) is 4.98 Å². The maximum atomic E-state index is 5.58. The van der Waals surface area contributed by atoms with Crippen LogP contribution in [0, 0.1) is 0 Å². The van der Waals surface area contributed by atoms with E-state index >= 15 is 0 Å². The van der Waals surface area contributed by atoms with E-state index in [-0.39, 0.29) is 6.71 Å². The number of anilines is 6. The zero-order chi connectivity index (χ0) is 47.7. The zero-order valence-corrected chi connectivity index (χ0v) is 40.6. The predicted octanol–water partition coefficient (Wildman–Crippen LogP) is 16.2. The molecule has 0 aliphatic carbocycles. The second-order valence-corrected chi connectivity index (χ2v) is 19.2. The van der Waals surface area contributed by atoms with E-state index in [9.17, 15) is 0 Å². The summed E-state index contributed by atoms with van der Waals surface area (Å²) in [6, 6.07) is 85.3. The Balaban J connectivity index is 1.15. The van der Waals surface area contributed by atoms with Gasteiger partial charge in [-0.05, 0) is 147 Å². The van der Waals surface area contributed by atoms with E-state index < -0.39 is 0 Å². The van der Waals surface area contributed by atoms with E-state index in [2.05, 4.69) is 254 Å². The third kappa shape index (κ3) is 8.44. The van der Waals surface area contributed by atoms with E-state index in [1.54, 1.807) is 0 Å². The van der Waals surface area contributed by atoms with Crippen molar-refractivity contribution >= 4 is 57.2 Å².